The highest BCUT2D eigenvalue weighted by molar-refractivity contribution is 5.95. The topological polar surface area (TPSA) is 41.6 Å². The zero-order valence-corrected chi connectivity index (χ0v) is 14.7. The predicted octanol–water partition coefficient (Wildman–Crippen LogP) is 4.46. The van der Waals surface area contributed by atoms with Crippen molar-refractivity contribution in [2.45, 2.75) is 12.8 Å². The molecule has 0 bridgehead atoms. The molecule has 1 aliphatic rings. The highest BCUT2D eigenvalue weighted by Crippen LogP contribution is 2.28. The number of nitrogens with zero attached hydrogens (tertiary/aromatic N) is 1. The number of carbonyl (C=O) groups excluding carboxylic acids is 1. The van der Waals surface area contributed by atoms with Crippen molar-refractivity contribution in [3.8, 4) is 5.75 Å². The van der Waals surface area contributed by atoms with Crippen molar-refractivity contribution >= 4 is 28.1 Å². The van der Waals surface area contributed by atoms with Gasteiger partial charge in [-0.15, -0.1) is 0 Å². The maximum atomic E-state index is 12.4. The molecule has 26 heavy (non-hydrogen) atoms. The van der Waals surface area contributed by atoms with Crippen molar-refractivity contribution in [1.82, 2.24) is 0 Å². The second-order valence-corrected chi connectivity index (χ2v) is 6.56. The van der Waals surface area contributed by atoms with Crippen LogP contribution in [0.5, 0.6) is 5.75 Å². The molecule has 4 rings (SSSR count). The average Bonchev–Trinajstić information content (AvgIpc) is 3.21. The van der Waals surface area contributed by atoms with Crippen LogP contribution in [0.3, 0.4) is 0 Å². The van der Waals surface area contributed by atoms with Gasteiger partial charge in [0.05, 0.1) is 11.4 Å². The van der Waals surface area contributed by atoms with Crippen molar-refractivity contribution in [1.29, 1.82) is 0 Å². The van der Waals surface area contributed by atoms with Crippen LogP contribution in [0.15, 0.2) is 66.7 Å². The summed E-state index contributed by atoms with van der Waals surface area (Å²) in [6.07, 6.45) is 2.40. The van der Waals surface area contributed by atoms with E-state index in [0.717, 1.165) is 35.2 Å². The Labute approximate surface area is 153 Å². The van der Waals surface area contributed by atoms with Gasteiger partial charge >= 0.3 is 0 Å². The number of para-hydroxylation sites is 2. The van der Waals surface area contributed by atoms with E-state index in [1.54, 1.807) is 0 Å². The fourth-order valence-electron chi connectivity index (χ4n) is 3.41. The Bertz CT molecular complexity index is 917. The Morgan fingerprint density at radius 3 is 2.50 bits per heavy atom. The van der Waals surface area contributed by atoms with Gasteiger partial charge in [0.2, 0.25) is 0 Å². The summed E-state index contributed by atoms with van der Waals surface area (Å²) in [6, 6.07) is 21.9. The summed E-state index contributed by atoms with van der Waals surface area (Å²) >= 11 is 0. The van der Waals surface area contributed by atoms with Gasteiger partial charge in [0.1, 0.15) is 5.75 Å². The van der Waals surface area contributed by atoms with Crippen molar-refractivity contribution in [3.63, 3.8) is 0 Å². The normalized spacial score (nSPS) is 13.8. The lowest BCUT2D eigenvalue weighted by Crippen LogP contribution is -2.24. The van der Waals surface area contributed by atoms with Crippen molar-refractivity contribution in [2.75, 3.05) is 29.9 Å². The molecule has 0 atom stereocenters. The SMILES string of the molecule is O=C(COc1ccc2ccccc2c1)Nc1ccccc1N1CCCC1. The fourth-order valence-corrected chi connectivity index (χ4v) is 3.41. The number of anilines is 2. The zero-order chi connectivity index (χ0) is 17.8. The first-order valence-corrected chi connectivity index (χ1v) is 9.05. The number of benzene rings is 3. The molecule has 0 unspecified atom stereocenters. The van der Waals surface area contributed by atoms with Gasteiger partial charge < -0.3 is 15.0 Å². The molecule has 0 aromatic heterocycles. The number of fused-ring (bicyclic) bond motifs is 1. The molecule has 1 N–H and O–H groups in total. The predicted molar refractivity (Wildman–Crippen MR) is 106 cm³/mol. The van der Waals surface area contributed by atoms with Crippen LogP contribution >= 0.6 is 0 Å². The van der Waals surface area contributed by atoms with E-state index in [9.17, 15) is 4.79 Å². The van der Waals surface area contributed by atoms with Crippen molar-refractivity contribution in [3.05, 3.63) is 66.7 Å². The minimum atomic E-state index is -0.148. The maximum Gasteiger partial charge on any atom is 0.262 e. The molecule has 1 aliphatic heterocycles. The standard InChI is InChI=1S/C22H22N2O2/c25-22(16-26-19-12-11-17-7-1-2-8-18(17)15-19)23-20-9-3-4-10-21(20)24-13-5-6-14-24/h1-4,7-12,15H,5-6,13-14,16H2,(H,23,25). The number of nitrogens with one attached hydrogen (secondary N) is 1. The van der Waals surface area contributed by atoms with Crippen LogP contribution in [0.25, 0.3) is 10.8 Å². The Morgan fingerprint density at radius 2 is 1.65 bits per heavy atom. The fraction of sp³-hybridized carbons (Fsp3) is 0.227. The van der Waals surface area contributed by atoms with E-state index in [1.165, 1.54) is 12.8 Å². The summed E-state index contributed by atoms with van der Waals surface area (Å²) in [6.45, 7) is 2.08. The minimum absolute atomic E-state index is 0.00727. The van der Waals surface area contributed by atoms with Gasteiger partial charge in [0.15, 0.2) is 6.61 Å². The smallest absolute Gasteiger partial charge is 0.262 e. The third-order valence-electron chi connectivity index (χ3n) is 4.72. The van der Waals surface area contributed by atoms with Gasteiger partial charge in [-0.25, -0.2) is 0 Å². The quantitative estimate of drug-likeness (QED) is 0.742. The third-order valence-corrected chi connectivity index (χ3v) is 4.72. The Kier molecular flexibility index (Phi) is 4.73. The first-order chi connectivity index (χ1) is 12.8. The van der Waals surface area contributed by atoms with Crippen LogP contribution in [0, 0.1) is 0 Å². The molecule has 3 aromatic carbocycles. The van der Waals surface area contributed by atoms with Crippen molar-refractivity contribution < 1.29 is 9.53 Å². The summed E-state index contributed by atoms with van der Waals surface area (Å²) in [5.41, 5.74) is 1.94. The van der Waals surface area contributed by atoms with Gasteiger partial charge in [-0.05, 0) is 47.9 Å². The molecule has 1 fully saturated rings. The molecule has 0 saturated carbocycles. The van der Waals surface area contributed by atoms with Crippen molar-refractivity contribution in [2.24, 2.45) is 0 Å². The molecular formula is C22H22N2O2. The van der Waals surface area contributed by atoms with Crippen LogP contribution in [0.4, 0.5) is 11.4 Å². The number of ether oxygens (including phenoxy) is 1. The summed E-state index contributed by atoms with van der Waals surface area (Å²) in [5.74, 6) is 0.552. The number of rotatable bonds is 5. The molecule has 4 heteroatoms. The summed E-state index contributed by atoms with van der Waals surface area (Å²) in [4.78, 5) is 14.7. The first-order valence-electron chi connectivity index (χ1n) is 9.05. The van der Waals surface area contributed by atoms with Gasteiger partial charge in [-0.1, -0.05) is 42.5 Å². The van der Waals surface area contributed by atoms with Crippen LogP contribution < -0.4 is 15.0 Å². The lowest BCUT2D eigenvalue weighted by molar-refractivity contribution is -0.118. The number of hydrogen-bond acceptors (Lipinski definition) is 3. The second-order valence-electron chi connectivity index (χ2n) is 6.56. The van der Waals surface area contributed by atoms with E-state index in [4.69, 9.17) is 4.74 Å². The summed E-state index contributed by atoms with van der Waals surface area (Å²) in [5, 5.41) is 5.25. The number of amides is 1. The summed E-state index contributed by atoms with van der Waals surface area (Å²) in [7, 11) is 0. The molecule has 132 valence electrons. The zero-order valence-electron chi connectivity index (χ0n) is 14.7. The first kappa shape index (κ1) is 16.5. The summed E-state index contributed by atoms with van der Waals surface area (Å²) < 4.78 is 5.69. The van der Waals surface area contributed by atoms with E-state index >= 15 is 0 Å². The molecular weight excluding hydrogens is 324 g/mol. The molecule has 3 aromatic rings. The van der Waals surface area contributed by atoms with Gasteiger partial charge in [0, 0.05) is 13.1 Å². The molecule has 0 aliphatic carbocycles. The van der Waals surface area contributed by atoms with Gasteiger partial charge in [-0.2, -0.15) is 0 Å². The molecule has 1 saturated heterocycles. The van der Waals surface area contributed by atoms with Crippen LogP contribution in [-0.2, 0) is 4.79 Å². The highest BCUT2D eigenvalue weighted by atomic mass is 16.5. The average molecular weight is 346 g/mol. The van der Waals surface area contributed by atoms with Crippen LogP contribution in [0.2, 0.25) is 0 Å². The molecule has 1 heterocycles. The minimum Gasteiger partial charge on any atom is -0.484 e. The molecule has 0 radical (unpaired) electrons. The van der Waals surface area contributed by atoms with E-state index < -0.39 is 0 Å². The number of hydrogen-bond donors (Lipinski definition) is 1. The number of carbonyl (C=O) groups is 1. The van der Waals surface area contributed by atoms with Gasteiger partial charge in [-0.3, -0.25) is 4.79 Å². The maximum absolute atomic E-state index is 12.4. The van der Waals surface area contributed by atoms with Crippen LogP contribution in [-0.4, -0.2) is 25.6 Å². The van der Waals surface area contributed by atoms with E-state index in [1.807, 2.05) is 54.6 Å². The van der Waals surface area contributed by atoms with E-state index in [2.05, 4.69) is 22.3 Å². The van der Waals surface area contributed by atoms with E-state index in [-0.39, 0.29) is 12.5 Å². The van der Waals surface area contributed by atoms with Gasteiger partial charge in [0.25, 0.3) is 5.91 Å². The Hall–Kier alpha value is -3.01. The van der Waals surface area contributed by atoms with Crippen LogP contribution in [0.1, 0.15) is 12.8 Å². The lowest BCUT2D eigenvalue weighted by Gasteiger charge is -2.21. The second kappa shape index (κ2) is 7.48. The molecule has 1 amide bonds. The molecule has 0 spiro atoms. The van der Waals surface area contributed by atoms with E-state index in [0.29, 0.717) is 5.75 Å². The monoisotopic (exact) mass is 346 g/mol. The third kappa shape index (κ3) is 3.64. The molecule has 4 nitrogen and oxygen atoms in total. The largest absolute Gasteiger partial charge is 0.484 e. The highest BCUT2D eigenvalue weighted by Gasteiger charge is 2.16. The lowest BCUT2D eigenvalue weighted by atomic mass is 10.1. The Balaban J connectivity index is 1.41. The Morgan fingerprint density at radius 1 is 0.923 bits per heavy atom.